The molecular formula is C5H13NO3P+. The van der Waals surface area contributed by atoms with Crippen molar-refractivity contribution in [2.75, 3.05) is 27.7 Å². The van der Waals surface area contributed by atoms with E-state index in [1.54, 1.807) is 0 Å². The Kier molecular flexibility index (Phi) is 3.98. The van der Waals surface area contributed by atoms with Crippen LogP contribution < -0.4 is 0 Å². The van der Waals surface area contributed by atoms with Crippen LogP contribution in [0.2, 0.25) is 0 Å². The molecule has 0 radical (unpaired) electrons. The predicted octanol–water partition coefficient (Wildman–Crippen LogP) is 0.234. The van der Waals surface area contributed by atoms with Gasteiger partial charge in [-0.2, -0.15) is 0 Å². The highest BCUT2D eigenvalue weighted by molar-refractivity contribution is 7.17. The molecule has 0 aromatic rings. The summed E-state index contributed by atoms with van der Waals surface area (Å²) >= 11 is 0. The van der Waals surface area contributed by atoms with Gasteiger partial charge >= 0.3 is 8.69 Å². The van der Waals surface area contributed by atoms with Crippen LogP contribution in [0, 0.1) is 0 Å². The minimum atomic E-state index is -0.624. The molecule has 0 bridgehead atoms. The molecule has 0 saturated heterocycles. The van der Waals surface area contributed by atoms with Gasteiger partial charge in [-0.1, -0.05) is 0 Å². The molecule has 0 fully saturated rings. The van der Waals surface area contributed by atoms with Crippen LogP contribution in [-0.4, -0.2) is 43.6 Å². The Bertz CT molecular complexity index is 112. The van der Waals surface area contributed by atoms with Crippen molar-refractivity contribution in [1.82, 2.24) is 0 Å². The molecule has 0 aliphatic carbocycles. The Morgan fingerprint density at radius 2 is 2.10 bits per heavy atom. The zero-order valence-corrected chi connectivity index (χ0v) is 7.34. The molecule has 0 amide bonds. The summed E-state index contributed by atoms with van der Waals surface area (Å²) in [6.07, 6.45) is -0.624. The second-order valence-corrected chi connectivity index (χ2v) is 3.37. The minimum absolute atomic E-state index is 0.0918. The standard InChI is InChI=1S/C5H13NO3P/c1-6(2,3)5(7)4-9-10-8/h5,7H,4H2,1-3H3/q+1. The molecule has 1 atom stereocenters. The number of nitrogens with zero attached hydrogens (tertiary/aromatic N) is 1. The lowest BCUT2D eigenvalue weighted by Crippen LogP contribution is -2.47. The van der Waals surface area contributed by atoms with Gasteiger partial charge in [-0.25, -0.2) is 4.57 Å². The minimum Gasteiger partial charge on any atom is -0.343 e. The fourth-order valence-electron chi connectivity index (χ4n) is 0.321. The number of aliphatic hydroxyl groups is 1. The van der Waals surface area contributed by atoms with Gasteiger partial charge in [-0.15, -0.1) is 0 Å². The summed E-state index contributed by atoms with van der Waals surface area (Å²) in [5.41, 5.74) is 0. The van der Waals surface area contributed by atoms with E-state index in [9.17, 15) is 9.67 Å². The molecule has 0 rings (SSSR count). The van der Waals surface area contributed by atoms with Gasteiger partial charge in [0.1, 0.15) is 6.61 Å². The van der Waals surface area contributed by atoms with E-state index in [1.165, 1.54) is 0 Å². The van der Waals surface area contributed by atoms with Crippen molar-refractivity contribution >= 4 is 8.69 Å². The van der Waals surface area contributed by atoms with Gasteiger partial charge in [0.25, 0.3) is 0 Å². The normalized spacial score (nSPS) is 15.6. The van der Waals surface area contributed by atoms with Crippen LogP contribution in [0.4, 0.5) is 0 Å². The molecule has 5 heteroatoms. The van der Waals surface area contributed by atoms with E-state index in [-0.39, 0.29) is 15.3 Å². The topological polar surface area (TPSA) is 46.5 Å². The van der Waals surface area contributed by atoms with Crippen molar-refractivity contribution in [3.8, 4) is 0 Å². The summed E-state index contributed by atoms with van der Waals surface area (Å²) in [5, 5.41) is 9.22. The third-order valence-corrected chi connectivity index (χ3v) is 1.42. The van der Waals surface area contributed by atoms with Gasteiger partial charge in [0.15, 0.2) is 0 Å². The lowest BCUT2D eigenvalue weighted by molar-refractivity contribution is -0.918. The van der Waals surface area contributed by atoms with Crippen LogP contribution in [-0.2, 0) is 9.09 Å². The summed E-state index contributed by atoms with van der Waals surface area (Å²) in [6, 6.07) is 0. The first-order chi connectivity index (χ1) is 4.48. The third kappa shape index (κ3) is 3.90. The van der Waals surface area contributed by atoms with Crippen LogP contribution in [0.5, 0.6) is 0 Å². The predicted molar refractivity (Wildman–Crippen MR) is 37.6 cm³/mol. The lowest BCUT2D eigenvalue weighted by atomic mass is 10.5. The number of likely N-dealkylation sites (N-methyl/N-ethyl adjacent to an activating group) is 1. The first-order valence-electron chi connectivity index (χ1n) is 2.92. The maximum atomic E-state index is 9.79. The number of rotatable bonds is 4. The van der Waals surface area contributed by atoms with Crippen molar-refractivity contribution < 1.29 is 18.7 Å². The summed E-state index contributed by atoms with van der Waals surface area (Å²) in [6.45, 7) is 0.0918. The smallest absolute Gasteiger partial charge is 0.327 e. The van der Waals surface area contributed by atoms with E-state index in [1.807, 2.05) is 21.1 Å². The summed E-state index contributed by atoms with van der Waals surface area (Å²) in [7, 11) is 5.11. The van der Waals surface area contributed by atoms with Crippen LogP contribution in [0.3, 0.4) is 0 Å². The molecule has 10 heavy (non-hydrogen) atoms. The molecule has 60 valence electrons. The molecule has 0 aromatic carbocycles. The molecule has 1 N–H and O–H groups in total. The SMILES string of the molecule is C[N+](C)(C)C(O)COP=O. The Morgan fingerprint density at radius 3 is 2.40 bits per heavy atom. The van der Waals surface area contributed by atoms with Crippen LogP contribution >= 0.6 is 8.69 Å². The van der Waals surface area contributed by atoms with Gasteiger partial charge in [-0.3, -0.25) is 4.52 Å². The van der Waals surface area contributed by atoms with Gasteiger partial charge in [-0.05, 0) is 0 Å². The van der Waals surface area contributed by atoms with Crippen molar-refractivity contribution in [3.05, 3.63) is 0 Å². The second-order valence-electron chi connectivity index (χ2n) is 2.97. The van der Waals surface area contributed by atoms with Crippen LogP contribution in [0.25, 0.3) is 0 Å². The quantitative estimate of drug-likeness (QED) is 0.369. The van der Waals surface area contributed by atoms with Crippen molar-refractivity contribution in [1.29, 1.82) is 0 Å². The van der Waals surface area contributed by atoms with Gasteiger partial charge in [0.05, 0.1) is 21.1 Å². The summed E-state index contributed by atoms with van der Waals surface area (Å²) < 4.78 is 14.7. The highest BCUT2D eigenvalue weighted by atomic mass is 31.1. The van der Waals surface area contributed by atoms with Gasteiger partial charge in [0.2, 0.25) is 6.23 Å². The molecule has 0 aliphatic rings. The first-order valence-corrected chi connectivity index (χ1v) is 3.65. The van der Waals surface area contributed by atoms with Crippen molar-refractivity contribution in [3.63, 3.8) is 0 Å². The number of quaternary nitrogens is 1. The van der Waals surface area contributed by atoms with E-state index < -0.39 is 6.23 Å². The first kappa shape index (κ1) is 9.98. The molecule has 0 aliphatic heterocycles. The highest BCUT2D eigenvalue weighted by Crippen LogP contribution is 2.03. The number of hydrogen-bond acceptors (Lipinski definition) is 3. The molecule has 0 heterocycles. The third-order valence-electron chi connectivity index (χ3n) is 1.17. The van der Waals surface area contributed by atoms with E-state index in [0.29, 0.717) is 4.48 Å². The molecule has 0 saturated carbocycles. The average Bonchev–Trinajstić information content (AvgIpc) is 1.80. The zero-order valence-electron chi connectivity index (χ0n) is 6.44. The Hall–Kier alpha value is -0.0200. The van der Waals surface area contributed by atoms with Gasteiger partial charge < -0.3 is 9.59 Å². The van der Waals surface area contributed by atoms with Crippen LogP contribution in [0.1, 0.15) is 0 Å². The molecular weight excluding hydrogens is 153 g/mol. The Morgan fingerprint density at radius 1 is 1.60 bits per heavy atom. The maximum absolute atomic E-state index is 9.79. The van der Waals surface area contributed by atoms with E-state index in [4.69, 9.17) is 0 Å². The summed E-state index contributed by atoms with van der Waals surface area (Å²) in [4.78, 5) is 0. The Labute approximate surface area is 62.3 Å². The fourth-order valence-corrected chi connectivity index (χ4v) is 0.515. The van der Waals surface area contributed by atoms with E-state index in [2.05, 4.69) is 4.52 Å². The molecule has 0 spiro atoms. The fraction of sp³-hybridized carbons (Fsp3) is 1.00. The largest absolute Gasteiger partial charge is 0.343 e. The summed E-state index contributed by atoms with van der Waals surface area (Å²) in [5.74, 6) is 0. The zero-order chi connectivity index (χ0) is 8.20. The molecule has 1 unspecified atom stereocenters. The van der Waals surface area contributed by atoms with Crippen molar-refractivity contribution in [2.45, 2.75) is 6.23 Å². The number of aliphatic hydroxyl groups excluding tert-OH is 1. The lowest BCUT2D eigenvalue weighted by Gasteiger charge is -2.28. The van der Waals surface area contributed by atoms with E-state index >= 15 is 0 Å². The average molecular weight is 166 g/mol. The van der Waals surface area contributed by atoms with Gasteiger partial charge in [0, 0.05) is 0 Å². The van der Waals surface area contributed by atoms with E-state index in [0.717, 1.165) is 0 Å². The maximum Gasteiger partial charge on any atom is 0.327 e. The van der Waals surface area contributed by atoms with Crippen LogP contribution in [0.15, 0.2) is 0 Å². The monoisotopic (exact) mass is 166 g/mol. The second kappa shape index (κ2) is 3.98. The Balaban J connectivity index is 3.61. The van der Waals surface area contributed by atoms with Crippen molar-refractivity contribution in [2.24, 2.45) is 0 Å². The molecule has 0 aromatic heterocycles. The number of hydrogen-bond donors (Lipinski definition) is 1. The molecule has 4 nitrogen and oxygen atoms in total. The highest BCUT2D eigenvalue weighted by Gasteiger charge is 2.20.